The summed E-state index contributed by atoms with van der Waals surface area (Å²) in [5.41, 5.74) is 0. The van der Waals surface area contributed by atoms with E-state index in [9.17, 15) is 4.79 Å². The molecular formula is C10H16N2O3. The topological polar surface area (TPSA) is 70.9 Å². The zero-order valence-corrected chi connectivity index (χ0v) is 8.61. The summed E-state index contributed by atoms with van der Waals surface area (Å²) in [5, 5.41) is 12.0. The number of nitrogens with one attached hydrogen (secondary N) is 1. The molecule has 5 nitrogen and oxygen atoms in total. The molecular weight excluding hydrogens is 196 g/mol. The Kier molecular flexibility index (Phi) is 3.20. The van der Waals surface area contributed by atoms with Gasteiger partial charge in [0, 0.05) is 6.42 Å². The van der Waals surface area contributed by atoms with Gasteiger partial charge in [-0.15, -0.1) is 0 Å². The molecule has 2 N–H and O–H groups in total. The molecule has 0 spiro atoms. The van der Waals surface area contributed by atoms with E-state index in [1.807, 2.05) is 0 Å². The fourth-order valence-corrected chi connectivity index (χ4v) is 1.99. The van der Waals surface area contributed by atoms with Gasteiger partial charge in [0.15, 0.2) is 11.9 Å². The second-order valence-corrected chi connectivity index (χ2v) is 4.09. The van der Waals surface area contributed by atoms with Crippen molar-refractivity contribution in [3.63, 3.8) is 0 Å². The lowest BCUT2D eigenvalue weighted by molar-refractivity contribution is -0.138. The van der Waals surface area contributed by atoms with Crippen LogP contribution >= 0.6 is 0 Å². The van der Waals surface area contributed by atoms with Gasteiger partial charge in [-0.25, -0.2) is 9.79 Å². The molecule has 0 saturated carbocycles. The molecule has 2 aliphatic rings. The van der Waals surface area contributed by atoms with Crippen LogP contribution in [-0.4, -0.2) is 42.7 Å². The molecule has 2 rings (SSSR count). The van der Waals surface area contributed by atoms with Crippen LogP contribution in [0.2, 0.25) is 0 Å². The monoisotopic (exact) mass is 212 g/mol. The number of rotatable bonds is 3. The Balaban J connectivity index is 1.84. The van der Waals surface area contributed by atoms with Gasteiger partial charge in [0.05, 0.1) is 0 Å². The van der Waals surface area contributed by atoms with Crippen LogP contribution in [-0.2, 0) is 9.53 Å². The standard InChI is InChI=1S/C10H16N2O3/c13-10(14)8-6-15-9(12-8)5-7-1-3-11-4-2-7/h7-8,11H,1-6H2,(H,13,14). The number of piperidine rings is 1. The summed E-state index contributed by atoms with van der Waals surface area (Å²) in [7, 11) is 0. The second kappa shape index (κ2) is 4.61. The Bertz CT molecular complexity index is 272. The molecule has 0 amide bonds. The SMILES string of the molecule is O=C(O)C1COC(CC2CCNCC2)=N1. The number of carbonyl (C=O) groups is 1. The van der Waals surface area contributed by atoms with E-state index in [1.165, 1.54) is 0 Å². The van der Waals surface area contributed by atoms with Gasteiger partial charge < -0.3 is 15.2 Å². The van der Waals surface area contributed by atoms with Gasteiger partial charge in [-0.05, 0) is 31.8 Å². The molecule has 84 valence electrons. The average molecular weight is 212 g/mol. The molecule has 0 aromatic rings. The van der Waals surface area contributed by atoms with E-state index < -0.39 is 12.0 Å². The molecule has 0 aromatic heterocycles. The maximum atomic E-state index is 10.6. The number of hydrogen-bond acceptors (Lipinski definition) is 4. The van der Waals surface area contributed by atoms with Gasteiger partial charge in [-0.3, -0.25) is 0 Å². The molecule has 0 aliphatic carbocycles. The number of hydrogen-bond donors (Lipinski definition) is 2. The van der Waals surface area contributed by atoms with Gasteiger partial charge >= 0.3 is 5.97 Å². The van der Waals surface area contributed by atoms with Gasteiger partial charge in [-0.2, -0.15) is 0 Å². The molecule has 1 unspecified atom stereocenters. The fourth-order valence-electron chi connectivity index (χ4n) is 1.99. The van der Waals surface area contributed by atoms with Crippen molar-refractivity contribution < 1.29 is 14.6 Å². The zero-order valence-electron chi connectivity index (χ0n) is 8.61. The van der Waals surface area contributed by atoms with Gasteiger partial charge in [0.2, 0.25) is 0 Å². The number of aliphatic carboxylic acids is 1. The molecule has 0 radical (unpaired) electrons. The first-order valence-corrected chi connectivity index (χ1v) is 5.38. The minimum absolute atomic E-state index is 0.204. The maximum Gasteiger partial charge on any atom is 0.332 e. The van der Waals surface area contributed by atoms with Crippen LogP contribution in [0.1, 0.15) is 19.3 Å². The third kappa shape index (κ3) is 2.68. The molecule has 1 atom stereocenters. The summed E-state index contributed by atoms with van der Waals surface area (Å²) in [5.74, 6) is 0.335. The third-order valence-electron chi connectivity index (χ3n) is 2.91. The van der Waals surface area contributed by atoms with E-state index in [-0.39, 0.29) is 6.61 Å². The summed E-state index contributed by atoms with van der Waals surface area (Å²) in [6, 6.07) is -0.679. The van der Waals surface area contributed by atoms with E-state index in [0.717, 1.165) is 32.4 Å². The highest BCUT2D eigenvalue weighted by Gasteiger charge is 2.27. The first-order valence-electron chi connectivity index (χ1n) is 5.38. The number of ether oxygens (including phenoxy) is 1. The maximum absolute atomic E-state index is 10.6. The Hall–Kier alpha value is -1.10. The van der Waals surface area contributed by atoms with Crippen molar-refractivity contribution in [2.24, 2.45) is 10.9 Å². The average Bonchev–Trinajstić information content (AvgIpc) is 2.68. The van der Waals surface area contributed by atoms with Crippen LogP contribution in [0.25, 0.3) is 0 Å². The van der Waals surface area contributed by atoms with Crippen molar-refractivity contribution in [2.75, 3.05) is 19.7 Å². The Morgan fingerprint density at radius 3 is 2.87 bits per heavy atom. The number of carboxylic acid groups (broad SMARTS) is 1. The first kappa shape index (κ1) is 10.4. The molecule has 1 fully saturated rings. The lowest BCUT2D eigenvalue weighted by atomic mass is 9.95. The largest absolute Gasteiger partial charge is 0.480 e. The van der Waals surface area contributed by atoms with Gasteiger partial charge in [0.1, 0.15) is 6.61 Å². The fraction of sp³-hybridized carbons (Fsp3) is 0.800. The highest BCUT2D eigenvalue weighted by atomic mass is 16.5. The molecule has 0 bridgehead atoms. The lowest BCUT2D eigenvalue weighted by Gasteiger charge is -2.21. The minimum atomic E-state index is -0.893. The molecule has 0 aromatic carbocycles. The predicted molar refractivity (Wildman–Crippen MR) is 55.0 cm³/mol. The molecule has 15 heavy (non-hydrogen) atoms. The van der Waals surface area contributed by atoms with Crippen LogP contribution < -0.4 is 5.32 Å². The van der Waals surface area contributed by atoms with E-state index in [0.29, 0.717) is 11.8 Å². The summed E-state index contributed by atoms with van der Waals surface area (Å²) >= 11 is 0. The first-order chi connectivity index (χ1) is 7.25. The Morgan fingerprint density at radius 1 is 1.53 bits per heavy atom. The lowest BCUT2D eigenvalue weighted by Crippen LogP contribution is -2.28. The van der Waals surface area contributed by atoms with E-state index in [2.05, 4.69) is 10.3 Å². The number of carboxylic acids is 1. The van der Waals surface area contributed by atoms with Gasteiger partial charge in [0.25, 0.3) is 0 Å². The molecule has 5 heteroatoms. The highest BCUT2D eigenvalue weighted by Crippen LogP contribution is 2.19. The molecule has 2 heterocycles. The van der Waals surface area contributed by atoms with E-state index in [1.54, 1.807) is 0 Å². The highest BCUT2D eigenvalue weighted by molar-refractivity contribution is 5.84. The van der Waals surface area contributed by atoms with Crippen molar-refractivity contribution in [3.8, 4) is 0 Å². The van der Waals surface area contributed by atoms with Crippen molar-refractivity contribution in [3.05, 3.63) is 0 Å². The summed E-state index contributed by atoms with van der Waals surface area (Å²) < 4.78 is 5.28. The van der Waals surface area contributed by atoms with Crippen LogP contribution in [0.4, 0.5) is 0 Å². The second-order valence-electron chi connectivity index (χ2n) is 4.09. The van der Waals surface area contributed by atoms with Crippen molar-refractivity contribution in [1.29, 1.82) is 0 Å². The normalized spacial score (nSPS) is 27.2. The summed E-state index contributed by atoms with van der Waals surface area (Å²) in [4.78, 5) is 14.7. The number of aliphatic imine (C=N–C) groups is 1. The van der Waals surface area contributed by atoms with Crippen LogP contribution in [0.15, 0.2) is 4.99 Å². The zero-order chi connectivity index (χ0) is 10.7. The van der Waals surface area contributed by atoms with Crippen molar-refractivity contribution in [2.45, 2.75) is 25.3 Å². The van der Waals surface area contributed by atoms with Crippen LogP contribution in [0.3, 0.4) is 0 Å². The minimum Gasteiger partial charge on any atom is -0.480 e. The van der Waals surface area contributed by atoms with Crippen molar-refractivity contribution in [1.82, 2.24) is 5.32 Å². The summed E-state index contributed by atoms with van der Waals surface area (Å²) in [6.07, 6.45) is 3.05. The van der Waals surface area contributed by atoms with Crippen LogP contribution in [0, 0.1) is 5.92 Å². The quantitative estimate of drug-likeness (QED) is 0.704. The Labute approximate surface area is 88.5 Å². The molecule has 1 saturated heterocycles. The Morgan fingerprint density at radius 2 is 2.27 bits per heavy atom. The van der Waals surface area contributed by atoms with E-state index in [4.69, 9.17) is 9.84 Å². The van der Waals surface area contributed by atoms with E-state index >= 15 is 0 Å². The smallest absolute Gasteiger partial charge is 0.332 e. The van der Waals surface area contributed by atoms with Crippen molar-refractivity contribution >= 4 is 11.9 Å². The predicted octanol–water partition coefficient (Wildman–Crippen LogP) is 0.258. The number of nitrogens with zero attached hydrogens (tertiary/aromatic N) is 1. The molecule has 2 aliphatic heterocycles. The van der Waals surface area contributed by atoms with Gasteiger partial charge in [-0.1, -0.05) is 0 Å². The van der Waals surface area contributed by atoms with Crippen LogP contribution in [0.5, 0.6) is 0 Å². The third-order valence-corrected chi connectivity index (χ3v) is 2.91. The summed E-state index contributed by atoms with van der Waals surface area (Å²) in [6.45, 7) is 2.29.